The van der Waals surface area contributed by atoms with Crippen LogP contribution in [0.1, 0.15) is 11.1 Å². The van der Waals surface area contributed by atoms with Gasteiger partial charge in [0.05, 0.1) is 26.1 Å². The van der Waals surface area contributed by atoms with Crippen molar-refractivity contribution >= 4 is 0 Å². The van der Waals surface area contributed by atoms with E-state index in [0.29, 0.717) is 19.8 Å². The fourth-order valence-corrected chi connectivity index (χ4v) is 2.89. The number of hydrogen-bond donors (Lipinski definition) is 0. The summed E-state index contributed by atoms with van der Waals surface area (Å²) in [6.07, 6.45) is 2.72. The Morgan fingerprint density at radius 2 is 1.52 bits per heavy atom. The van der Waals surface area contributed by atoms with Gasteiger partial charge in [-0.2, -0.15) is 0 Å². The first-order chi connectivity index (χ1) is 13.4. The highest BCUT2D eigenvalue weighted by Gasteiger charge is 2.34. The van der Waals surface area contributed by atoms with Crippen LogP contribution in [0.5, 0.6) is 0 Å². The molecule has 0 saturated carbocycles. The summed E-state index contributed by atoms with van der Waals surface area (Å²) in [5.74, 6) is 0. The molecule has 3 atom stereocenters. The molecule has 1 heterocycles. The average molecular weight is 370 g/mol. The molecule has 0 aromatic heterocycles. The van der Waals surface area contributed by atoms with Crippen molar-refractivity contribution in [3.05, 3.63) is 84.1 Å². The van der Waals surface area contributed by atoms with E-state index in [0.717, 1.165) is 11.1 Å². The summed E-state index contributed by atoms with van der Waals surface area (Å²) in [6.45, 7) is 1.60. The zero-order valence-corrected chi connectivity index (χ0v) is 15.5. The molecule has 5 heteroatoms. The van der Waals surface area contributed by atoms with E-state index in [9.17, 15) is 0 Å². The minimum atomic E-state index is -0.311. The van der Waals surface area contributed by atoms with Gasteiger partial charge in [0.2, 0.25) is 0 Å². The zero-order valence-electron chi connectivity index (χ0n) is 15.5. The molecule has 1 aliphatic rings. The molecule has 0 spiro atoms. The van der Waals surface area contributed by atoms with Gasteiger partial charge in [0.15, 0.2) is 6.10 Å². The molecule has 0 bridgehead atoms. The van der Waals surface area contributed by atoms with Crippen molar-refractivity contribution in [1.29, 1.82) is 0 Å². The summed E-state index contributed by atoms with van der Waals surface area (Å²) < 4.78 is 28.6. The molecule has 0 N–H and O–H groups in total. The quantitative estimate of drug-likeness (QED) is 0.597. The Bertz CT molecular complexity index is 674. The topological polar surface area (TPSA) is 46.2 Å². The molecule has 27 heavy (non-hydrogen) atoms. The van der Waals surface area contributed by atoms with Gasteiger partial charge in [0, 0.05) is 7.11 Å². The van der Waals surface area contributed by atoms with Crippen molar-refractivity contribution in [3.63, 3.8) is 0 Å². The van der Waals surface area contributed by atoms with Crippen LogP contribution in [0.15, 0.2) is 73.0 Å². The maximum absolute atomic E-state index is 6.07. The Hall–Kier alpha value is -2.18. The predicted molar refractivity (Wildman–Crippen MR) is 102 cm³/mol. The average Bonchev–Trinajstić information content (AvgIpc) is 2.73. The lowest BCUT2D eigenvalue weighted by Gasteiger charge is -2.34. The Morgan fingerprint density at radius 1 is 0.852 bits per heavy atom. The van der Waals surface area contributed by atoms with Crippen LogP contribution in [-0.2, 0) is 36.9 Å². The molecule has 1 aliphatic heterocycles. The molecule has 0 radical (unpaired) electrons. The maximum atomic E-state index is 6.07. The Kier molecular flexibility index (Phi) is 7.86. The van der Waals surface area contributed by atoms with Gasteiger partial charge in [-0.15, -0.1) is 0 Å². The summed E-state index contributed by atoms with van der Waals surface area (Å²) in [4.78, 5) is 0. The van der Waals surface area contributed by atoms with Crippen LogP contribution in [0.4, 0.5) is 0 Å². The lowest BCUT2D eigenvalue weighted by atomic mass is 10.1. The van der Waals surface area contributed by atoms with Crippen molar-refractivity contribution in [1.82, 2.24) is 0 Å². The molecular formula is C22H26O5. The van der Waals surface area contributed by atoms with Crippen LogP contribution in [0, 0.1) is 0 Å². The Labute approximate surface area is 160 Å². The van der Waals surface area contributed by atoms with Crippen LogP contribution in [0.3, 0.4) is 0 Å². The van der Waals surface area contributed by atoms with E-state index in [1.54, 1.807) is 13.4 Å². The summed E-state index contributed by atoms with van der Waals surface area (Å²) in [6, 6.07) is 20.1. The molecule has 0 amide bonds. The van der Waals surface area contributed by atoms with Crippen LogP contribution in [0.25, 0.3) is 0 Å². The minimum absolute atomic E-state index is 0.169. The Balaban J connectivity index is 1.56. The highest BCUT2D eigenvalue weighted by Crippen LogP contribution is 2.21. The second-order valence-corrected chi connectivity index (χ2v) is 6.30. The molecule has 5 nitrogen and oxygen atoms in total. The lowest BCUT2D eigenvalue weighted by Crippen LogP contribution is -2.46. The van der Waals surface area contributed by atoms with E-state index in [2.05, 4.69) is 0 Å². The van der Waals surface area contributed by atoms with Gasteiger partial charge in [-0.25, -0.2) is 0 Å². The fraction of sp³-hybridized carbons (Fsp3) is 0.364. The van der Waals surface area contributed by atoms with Gasteiger partial charge < -0.3 is 23.7 Å². The fourth-order valence-electron chi connectivity index (χ4n) is 2.89. The van der Waals surface area contributed by atoms with E-state index in [-0.39, 0.29) is 25.1 Å². The van der Waals surface area contributed by atoms with E-state index in [1.807, 2.05) is 66.7 Å². The van der Waals surface area contributed by atoms with Gasteiger partial charge in [0.25, 0.3) is 0 Å². The molecule has 2 aromatic carbocycles. The van der Waals surface area contributed by atoms with Crippen LogP contribution < -0.4 is 0 Å². The summed E-state index contributed by atoms with van der Waals surface area (Å²) in [7, 11) is 1.60. The first kappa shape index (κ1) is 19.6. The molecule has 0 fully saturated rings. The number of ether oxygens (including phenoxy) is 5. The van der Waals surface area contributed by atoms with E-state index in [4.69, 9.17) is 23.7 Å². The number of rotatable bonds is 10. The number of methoxy groups -OCH3 is 1. The molecule has 3 rings (SSSR count). The SMILES string of the molecule is COCO[C@H]1[C@H](OCc2ccccc2)C=CO[C@@H]1COCc1ccccc1. The monoisotopic (exact) mass is 370 g/mol. The van der Waals surface area contributed by atoms with Gasteiger partial charge in [-0.05, 0) is 17.2 Å². The summed E-state index contributed by atoms with van der Waals surface area (Å²) in [5, 5.41) is 0. The predicted octanol–water partition coefficient (Wildman–Crippen LogP) is 3.69. The smallest absolute Gasteiger partial charge is 0.150 e. The number of benzene rings is 2. The first-order valence-electron chi connectivity index (χ1n) is 9.06. The maximum Gasteiger partial charge on any atom is 0.150 e. The largest absolute Gasteiger partial charge is 0.493 e. The molecular weight excluding hydrogens is 344 g/mol. The standard InChI is InChI=1S/C22H26O5/c1-23-17-27-22-20(26-15-19-10-6-3-7-11-19)12-13-25-21(22)16-24-14-18-8-4-2-5-9-18/h2-13,20-22H,14-17H2,1H3/t20-,21-,22+/m1/s1. The second-order valence-electron chi connectivity index (χ2n) is 6.30. The van der Waals surface area contributed by atoms with E-state index >= 15 is 0 Å². The third kappa shape index (κ3) is 6.19. The molecule has 0 unspecified atom stereocenters. The van der Waals surface area contributed by atoms with E-state index < -0.39 is 0 Å². The Morgan fingerprint density at radius 3 is 2.19 bits per heavy atom. The van der Waals surface area contributed by atoms with Gasteiger partial charge in [-0.3, -0.25) is 0 Å². The molecule has 0 aliphatic carbocycles. The minimum Gasteiger partial charge on any atom is -0.493 e. The molecule has 0 saturated heterocycles. The highest BCUT2D eigenvalue weighted by molar-refractivity contribution is 5.14. The third-order valence-electron chi connectivity index (χ3n) is 4.27. The summed E-state index contributed by atoms with van der Waals surface area (Å²) >= 11 is 0. The van der Waals surface area contributed by atoms with Crippen LogP contribution >= 0.6 is 0 Å². The van der Waals surface area contributed by atoms with Crippen molar-refractivity contribution < 1.29 is 23.7 Å². The van der Waals surface area contributed by atoms with Crippen molar-refractivity contribution in [2.75, 3.05) is 20.5 Å². The van der Waals surface area contributed by atoms with Gasteiger partial charge in [0.1, 0.15) is 19.0 Å². The van der Waals surface area contributed by atoms with Crippen molar-refractivity contribution in [2.24, 2.45) is 0 Å². The van der Waals surface area contributed by atoms with E-state index in [1.165, 1.54) is 0 Å². The molecule has 2 aromatic rings. The van der Waals surface area contributed by atoms with Crippen LogP contribution in [0.2, 0.25) is 0 Å². The normalized spacial score (nSPS) is 21.7. The third-order valence-corrected chi connectivity index (χ3v) is 4.27. The van der Waals surface area contributed by atoms with Crippen molar-refractivity contribution in [2.45, 2.75) is 31.5 Å². The summed E-state index contributed by atoms with van der Waals surface area (Å²) in [5.41, 5.74) is 2.23. The first-order valence-corrected chi connectivity index (χ1v) is 9.06. The highest BCUT2D eigenvalue weighted by atomic mass is 16.7. The second kappa shape index (κ2) is 10.8. The van der Waals surface area contributed by atoms with Crippen molar-refractivity contribution in [3.8, 4) is 0 Å². The lowest BCUT2D eigenvalue weighted by molar-refractivity contribution is -0.176. The van der Waals surface area contributed by atoms with Gasteiger partial charge in [-0.1, -0.05) is 60.7 Å². The zero-order chi connectivity index (χ0) is 18.7. The van der Waals surface area contributed by atoms with Crippen LogP contribution in [-0.4, -0.2) is 38.8 Å². The van der Waals surface area contributed by atoms with Gasteiger partial charge >= 0.3 is 0 Å². The number of hydrogen-bond acceptors (Lipinski definition) is 5. The molecule has 144 valence electrons.